The van der Waals surface area contributed by atoms with Gasteiger partial charge in [-0.2, -0.15) is 0 Å². The normalized spacial score (nSPS) is 11.7. The van der Waals surface area contributed by atoms with Crippen LogP contribution in [0, 0.1) is 0 Å². The molecule has 1 atom stereocenters. The van der Waals surface area contributed by atoms with E-state index in [1.165, 1.54) is 44.4 Å². The number of ether oxygens (including phenoxy) is 2. The molecule has 4 aromatic rings. The lowest BCUT2D eigenvalue weighted by molar-refractivity contribution is -0.139. The van der Waals surface area contributed by atoms with Gasteiger partial charge in [-0.25, -0.2) is 8.42 Å². The van der Waals surface area contributed by atoms with E-state index < -0.39 is 28.5 Å². The quantitative estimate of drug-likeness (QED) is 0.245. The summed E-state index contributed by atoms with van der Waals surface area (Å²) in [7, 11) is 0.123. The lowest BCUT2D eigenvalue weighted by Crippen LogP contribution is -2.53. The van der Waals surface area contributed by atoms with Crippen LogP contribution in [0.5, 0.6) is 11.5 Å². The van der Waals surface area contributed by atoms with Gasteiger partial charge >= 0.3 is 0 Å². The highest BCUT2D eigenvalue weighted by molar-refractivity contribution is 7.92. The fourth-order valence-corrected chi connectivity index (χ4v) is 6.16. The molecule has 9 nitrogen and oxygen atoms in total. The number of likely N-dealkylation sites (N-methyl/N-ethyl adjacent to an activating group) is 1. The number of anilines is 1. The van der Waals surface area contributed by atoms with Crippen molar-refractivity contribution in [1.82, 2.24) is 10.2 Å². The van der Waals surface area contributed by atoms with Gasteiger partial charge in [0.25, 0.3) is 10.0 Å². The van der Waals surface area contributed by atoms with Crippen molar-refractivity contribution in [3.05, 3.63) is 120 Å². The van der Waals surface area contributed by atoms with Crippen LogP contribution in [-0.2, 0) is 32.6 Å². The summed E-state index contributed by atoms with van der Waals surface area (Å²) in [5.41, 5.74) is 1.76. The molecule has 0 aliphatic heterocycles. The van der Waals surface area contributed by atoms with Crippen molar-refractivity contribution in [3.63, 3.8) is 0 Å². The van der Waals surface area contributed by atoms with Crippen LogP contribution >= 0.6 is 0 Å². The molecule has 2 amide bonds. The summed E-state index contributed by atoms with van der Waals surface area (Å²) in [6.07, 6.45) is 0.229. The molecule has 224 valence electrons. The average Bonchev–Trinajstić information content (AvgIpc) is 3.05. The van der Waals surface area contributed by atoms with E-state index in [1.54, 1.807) is 30.3 Å². The van der Waals surface area contributed by atoms with Crippen molar-refractivity contribution in [2.75, 3.05) is 32.1 Å². The van der Waals surface area contributed by atoms with Gasteiger partial charge in [0.2, 0.25) is 11.8 Å². The molecule has 0 bridgehead atoms. The third kappa shape index (κ3) is 7.52. The monoisotopic (exact) mass is 601 g/mol. The molecule has 43 heavy (non-hydrogen) atoms. The van der Waals surface area contributed by atoms with Crippen LogP contribution in [0.1, 0.15) is 11.1 Å². The number of carbonyl (C=O) groups excluding carboxylic acids is 2. The third-order valence-electron chi connectivity index (χ3n) is 6.98. The van der Waals surface area contributed by atoms with Crippen LogP contribution < -0.4 is 19.1 Å². The molecule has 1 N–H and O–H groups in total. The highest BCUT2D eigenvalue weighted by Crippen LogP contribution is 2.36. The molecule has 4 aromatic carbocycles. The van der Waals surface area contributed by atoms with Crippen molar-refractivity contribution in [3.8, 4) is 11.5 Å². The van der Waals surface area contributed by atoms with E-state index in [0.717, 1.165) is 15.4 Å². The van der Waals surface area contributed by atoms with Crippen molar-refractivity contribution in [1.29, 1.82) is 0 Å². The van der Waals surface area contributed by atoms with E-state index in [9.17, 15) is 18.0 Å². The number of hydrogen-bond donors (Lipinski definition) is 1. The van der Waals surface area contributed by atoms with Crippen LogP contribution in [0.3, 0.4) is 0 Å². The Bertz CT molecular complexity index is 1620. The van der Waals surface area contributed by atoms with Crippen molar-refractivity contribution in [2.45, 2.75) is 23.9 Å². The van der Waals surface area contributed by atoms with Crippen molar-refractivity contribution < 1.29 is 27.5 Å². The number of rotatable bonds is 13. The Labute approximate surface area is 252 Å². The van der Waals surface area contributed by atoms with E-state index in [2.05, 4.69) is 5.32 Å². The first-order chi connectivity index (χ1) is 20.8. The number of carbonyl (C=O) groups is 2. The molecule has 0 aliphatic rings. The second-order valence-corrected chi connectivity index (χ2v) is 11.6. The zero-order chi connectivity index (χ0) is 30.8. The van der Waals surface area contributed by atoms with Gasteiger partial charge < -0.3 is 19.7 Å². The smallest absolute Gasteiger partial charge is 0.264 e. The Kier molecular flexibility index (Phi) is 10.4. The van der Waals surface area contributed by atoms with Crippen LogP contribution in [0.25, 0.3) is 0 Å². The second kappa shape index (κ2) is 14.4. The van der Waals surface area contributed by atoms with Crippen LogP contribution in [0.4, 0.5) is 5.69 Å². The highest BCUT2D eigenvalue weighted by atomic mass is 32.2. The maximum Gasteiger partial charge on any atom is 0.264 e. The average molecular weight is 602 g/mol. The minimum Gasteiger partial charge on any atom is -0.497 e. The first-order valence-corrected chi connectivity index (χ1v) is 15.1. The van der Waals surface area contributed by atoms with Gasteiger partial charge in [-0.1, -0.05) is 78.9 Å². The Balaban J connectivity index is 1.83. The lowest BCUT2D eigenvalue weighted by Gasteiger charge is -2.34. The molecule has 0 fully saturated rings. The molecule has 4 rings (SSSR count). The fraction of sp³-hybridized carbons (Fsp3) is 0.212. The largest absolute Gasteiger partial charge is 0.497 e. The predicted octanol–water partition coefficient (Wildman–Crippen LogP) is 4.29. The van der Waals surface area contributed by atoms with E-state index in [4.69, 9.17) is 9.47 Å². The molecule has 10 heteroatoms. The van der Waals surface area contributed by atoms with Crippen LogP contribution in [0.15, 0.2) is 114 Å². The summed E-state index contributed by atoms with van der Waals surface area (Å²) in [5.74, 6) is -0.331. The molecule has 0 radical (unpaired) electrons. The standard InChI is InChI=1S/C33H35N3O6S/c1-34-33(38)30(21-25-13-7-4-8-14-25)35(23-26-15-9-5-10-16-26)32(37)24-36(43(39,40)28-17-11-6-12-18-28)29-22-27(41-2)19-20-31(29)42-3/h4-20,22,30H,21,23-24H2,1-3H3,(H,34,38). The van der Waals surface area contributed by atoms with Gasteiger partial charge in [0, 0.05) is 26.1 Å². The first kappa shape index (κ1) is 31.1. The number of benzene rings is 4. The van der Waals surface area contributed by atoms with Crippen LogP contribution in [0.2, 0.25) is 0 Å². The van der Waals surface area contributed by atoms with E-state index in [-0.39, 0.29) is 35.2 Å². The van der Waals surface area contributed by atoms with Gasteiger partial charge in [0.1, 0.15) is 24.1 Å². The SMILES string of the molecule is CNC(=O)C(Cc1ccccc1)N(Cc1ccccc1)C(=O)CN(c1cc(OC)ccc1OC)S(=O)(=O)c1ccccc1. The predicted molar refractivity (Wildman–Crippen MR) is 166 cm³/mol. The minimum absolute atomic E-state index is 0.00517. The summed E-state index contributed by atoms with van der Waals surface area (Å²) < 4.78 is 40.2. The maximum atomic E-state index is 14.4. The van der Waals surface area contributed by atoms with Gasteiger partial charge in [0.15, 0.2) is 0 Å². The third-order valence-corrected chi connectivity index (χ3v) is 8.75. The molecule has 0 saturated heterocycles. The Morgan fingerprint density at radius 1 is 0.791 bits per heavy atom. The lowest BCUT2D eigenvalue weighted by atomic mass is 10.0. The van der Waals surface area contributed by atoms with Crippen molar-refractivity contribution >= 4 is 27.5 Å². The Morgan fingerprint density at radius 2 is 1.37 bits per heavy atom. The van der Waals surface area contributed by atoms with E-state index in [1.807, 2.05) is 60.7 Å². The van der Waals surface area contributed by atoms with Gasteiger partial charge in [-0.3, -0.25) is 13.9 Å². The summed E-state index contributed by atoms with van der Waals surface area (Å²) in [4.78, 5) is 29.1. The molecule has 0 aromatic heterocycles. The minimum atomic E-state index is -4.27. The topological polar surface area (TPSA) is 105 Å². The summed E-state index contributed by atoms with van der Waals surface area (Å²) >= 11 is 0. The molecular weight excluding hydrogens is 566 g/mol. The first-order valence-electron chi connectivity index (χ1n) is 13.7. The molecule has 0 heterocycles. The van der Waals surface area contributed by atoms with Gasteiger partial charge in [0.05, 0.1) is 24.8 Å². The van der Waals surface area contributed by atoms with E-state index in [0.29, 0.717) is 5.75 Å². The second-order valence-electron chi connectivity index (χ2n) is 9.69. The zero-order valence-electron chi connectivity index (χ0n) is 24.3. The Hall–Kier alpha value is -4.83. The van der Waals surface area contributed by atoms with Gasteiger partial charge in [-0.05, 0) is 35.4 Å². The fourth-order valence-electron chi connectivity index (χ4n) is 4.73. The van der Waals surface area contributed by atoms with Crippen molar-refractivity contribution in [2.24, 2.45) is 0 Å². The number of nitrogens with one attached hydrogen (secondary N) is 1. The van der Waals surface area contributed by atoms with Gasteiger partial charge in [-0.15, -0.1) is 0 Å². The number of amides is 2. The summed E-state index contributed by atoms with van der Waals surface area (Å²) in [6.45, 7) is -0.519. The summed E-state index contributed by atoms with van der Waals surface area (Å²) in [5, 5.41) is 2.68. The number of sulfonamides is 1. The molecule has 0 saturated carbocycles. The molecular formula is C33H35N3O6S. The number of methoxy groups -OCH3 is 2. The number of nitrogens with zero attached hydrogens (tertiary/aromatic N) is 2. The van der Waals surface area contributed by atoms with E-state index >= 15 is 0 Å². The molecule has 0 spiro atoms. The highest BCUT2D eigenvalue weighted by Gasteiger charge is 2.35. The number of hydrogen-bond acceptors (Lipinski definition) is 6. The van der Waals surface area contributed by atoms with Crippen LogP contribution in [-0.4, -0.2) is 59.0 Å². The summed E-state index contributed by atoms with van der Waals surface area (Å²) in [6, 6.07) is 30.3. The zero-order valence-corrected chi connectivity index (χ0v) is 25.2. The molecule has 0 aliphatic carbocycles. The Morgan fingerprint density at radius 3 is 1.93 bits per heavy atom. The molecule has 1 unspecified atom stereocenters. The maximum absolute atomic E-state index is 14.4.